The van der Waals surface area contributed by atoms with E-state index in [1.54, 1.807) is 0 Å². The van der Waals surface area contributed by atoms with Gasteiger partial charge in [-0.2, -0.15) is 0 Å². The molecule has 1 aromatic rings. The molecule has 1 N–H and O–H groups in total. The van der Waals surface area contributed by atoms with Crippen LogP contribution in [-0.2, 0) is 14.3 Å². The third-order valence-corrected chi connectivity index (χ3v) is 3.57. The normalized spacial score (nSPS) is 25.5. The van der Waals surface area contributed by atoms with Gasteiger partial charge in [-0.05, 0) is 26.0 Å². The molecule has 1 fully saturated rings. The number of hydrogen-bond acceptors (Lipinski definition) is 4. The van der Waals surface area contributed by atoms with Crippen molar-refractivity contribution in [1.29, 1.82) is 0 Å². The number of benzene rings is 1. The number of nitrogens with one attached hydrogen (secondary N) is 1. The second-order valence-electron chi connectivity index (χ2n) is 5.05. The zero-order chi connectivity index (χ0) is 13.9. The van der Waals surface area contributed by atoms with E-state index in [0.29, 0.717) is 19.4 Å². The zero-order valence-corrected chi connectivity index (χ0v) is 11.7. The van der Waals surface area contributed by atoms with Crippen LogP contribution in [0, 0.1) is 6.92 Å². The second-order valence-corrected chi connectivity index (χ2v) is 5.05. The highest BCUT2D eigenvalue weighted by atomic mass is 16.5. The minimum atomic E-state index is -0.635. The number of carbonyl (C=O) groups excluding carboxylic acids is 1. The van der Waals surface area contributed by atoms with Gasteiger partial charge in [0.2, 0.25) is 0 Å². The topological polar surface area (TPSA) is 47.6 Å². The van der Waals surface area contributed by atoms with E-state index in [0.717, 1.165) is 5.69 Å². The van der Waals surface area contributed by atoms with E-state index in [4.69, 9.17) is 9.47 Å². The van der Waals surface area contributed by atoms with Crippen LogP contribution >= 0.6 is 0 Å². The molecule has 1 aromatic carbocycles. The molecule has 0 spiro atoms. The van der Waals surface area contributed by atoms with Crippen LogP contribution in [0.15, 0.2) is 24.3 Å². The standard InChI is InChI=1S/C15H21NO3/c1-4-19-13-9-15(10-13,14(17)18-3)16-12-7-5-11(2)6-8-12/h5-8,13,16H,4,9-10H2,1-3H3. The van der Waals surface area contributed by atoms with Crippen molar-refractivity contribution in [2.24, 2.45) is 0 Å². The highest BCUT2D eigenvalue weighted by molar-refractivity contribution is 5.86. The third kappa shape index (κ3) is 2.89. The molecule has 0 aliphatic heterocycles. The fourth-order valence-electron chi connectivity index (χ4n) is 2.50. The summed E-state index contributed by atoms with van der Waals surface area (Å²) in [5, 5.41) is 3.30. The Balaban J connectivity index is 2.08. The molecule has 0 saturated heterocycles. The van der Waals surface area contributed by atoms with Gasteiger partial charge in [-0.25, -0.2) is 4.79 Å². The minimum Gasteiger partial charge on any atom is -0.467 e. The van der Waals surface area contributed by atoms with Gasteiger partial charge in [0, 0.05) is 25.1 Å². The molecule has 0 aromatic heterocycles. The Hall–Kier alpha value is -1.55. The van der Waals surface area contributed by atoms with Crippen molar-refractivity contribution >= 4 is 11.7 Å². The predicted octanol–water partition coefficient (Wildman–Crippen LogP) is 2.52. The fourth-order valence-corrected chi connectivity index (χ4v) is 2.50. The van der Waals surface area contributed by atoms with Crippen LogP contribution in [0.3, 0.4) is 0 Å². The molecule has 4 heteroatoms. The van der Waals surface area contributed by atoms with Crippen LogP contribution < -0.4 is 5.32 Å². The summed E-state index contributed by atoms with van der Waals surface area (Å²) >= 11 is 0. The van der Waals surface area contributed by atoms with Gasteiger partial charge >= 0.3 is 5.97 Å². The highest BCUT2D eigenvalue weighted by Crippen LogP contribution is 2.38. The van der Waals surface area contributed by atoms with E-state index in [2.05, 4.69) is 5.32 Å². The van der Waals surface area contributed by atoms with Crippen LogP contribution in [0.5, 0.6) is 0 Å². The smallest absolute Gasteiger partial charge is 0.331 e. The first-order valence-corrected chi connectivity index (χ1v) is 6.64. The molecule has 2 rings (SSSR count). The number of aryl methyl sites for hydroxylation is 1. The predicted molar refractivity (Wildman–Crippen MR) is 74.2 cm³/mol. The fraction of sp³-hybridized carbons (Fsp3) is 0.533. The lowest BCUT2D eigenvalue weighted by Gasteiger charge is -2.45. The second kappa shape index (κ2) is 5.61. The van der Waals surface area contributed by atoms with Crippen molar-refractivity contribution in [1.82, 2.24) is 0 Å². The number of anilines is 1. The Bertz CT molecular complexity index is 435. The van der Waals surface area contributed by atoms with Crippen LogP contribution in [0.25, 0.3) is 0 Å². The Morgan fingerprint density at radius 2 is 2.00 bits per heavy atom. The van der Waals surface area contributed by atoms with Gasteiger partial charge in [0.25, 0.3) is 0 Å². The number of ether oxygens (including phenoxy) is 2. The molecule has 1 aliphatic rings. The van der Waals surface area contributed by atoms with Gasteiger partial charge in [0.05, 0.1) is 13.2 Å². The Morgan fingerprint density at radius 1 is 1.37 bits per heavy atom. The van der Waals surface area contributed by atoms with Crippen LogP contribution in [0.4, 0.5) is 5.69 Å². The quantitative estimate of drug-likeness (QED) is 0.829. The average molecular weight is 263 g/mol. The number of methoxy groups -OCH3 is 1. The molecule has 1 aliphatic carbocycles. The first-order chi connectivity index (χ1) is 9.09. The largest absolute Gasteiger partial charge is 0.467 e. The summed E-state index contributed by atoms with van der Waals surface area (Å²) < 4.78 is 10.5. The summed E-state index contributed by atoms with van der Waals surface area (Å²) in [7, 11) is 1.43. The van der Waals surface area contributed by atoms with Crippen LogP contribution in [-0.4, -0.2) is 31.3 Å². The molecular weight excluding hydrogens is 242 g/mol. The summed E-state index contributed by atoms with van der Waals surface area (Å²) in [5.74, 6) is -0.218. The Morgan fingerprint density at radius 3 is 2.53 bits per heavy atom. The lowest BCUT2D eigenvalue weighted by Crippen LogP contribution is -2.59. The van der Waals surface area contributed by atoms with E-state index < -0.39 is 5.54 Å². The first-order valence-electron chi connectivity index (χ1n) is 6.64. The van der Waals surface area contributed by atoms with Crippen molar-refractivity contribution in [3.63, 3.8) is 0 Å². The van der Waals surface area contributed by atoms with E-state index in [9.17, 15) is 4.79 Å². The van der Waals surface area contributed by atoms with Gasteiger partial charge in [-0.3, -0.25) is 0 Å². The molecule has 4 nitrogen and oxygen atoms in total. The van der Waals surface area contributed by atoms with Gasteiger partial charge < -0.3 is 14.8 Å². The molecule has 0 radical (unpaired) electrons. The van der Waals surface area contributed by atoms with Crippen molar-refractivity contribution in [3.8, 4) is 0 Å². The molecule has 0 amide bonds. The summed E-state index contributed by atoms with van der Waals surface area (Å²) in [6.07, 6.45) is 1.45. The van der Waals surface area contributed by atoms with Crippen molar-refractivity contribution < 1.29 is 14.3 Å². The molecular formula is C15H21NO3. The summed E-state index contributed by atoms with van der Waals surface area (Å²) in [4.78, 5) is 12.0. The van der Waals surface area contributed by atoms with Crippen LogP contribution in [0.1, 0.15) is 25.3 Å². The average Bonchev–Trinajstić information content (AvgIpc) is 2.37. The van der Waals surface area contributed by atoms with E-state index in [-0.39, 0.29) is 12.1 Å². The first kappa shape index (κ1) is 13.9. The molecule has 19 heavy (non-hydrogen) atoms. The molecule has 104 valence electrons. The lowest BCUT2D eigenvalue weighted by atomic mass is 9.74. The van der Waals surface area contributed by atoms with Gasteiger partial charge in [0.1, 0.15) is 5.54 Å². The number of rotatable bonds is 5. The van der Waals surface area contributed by atoms with Gasteiger partial charge in [-0.15, -0.1) is 0 Å². The summed E-state index contributed by atoms with van der Waals surface area (Å²) in [6, 6.07) is 8.00. The summed E-state index contributed by atoms with van der Waals surface area (Å²) in [6.45, 7) is 4.67. The van der Waals surface area contributed by atoms with E-state index >= 15 is 0 Å². The molecule has 0 heterocycles. The van der Waals surface area contributed by atoms with Gasteiger partial charge in [-0.1, -0.05) is 17.7 Å². The molecule has 0 unspecified atom stereocenters. The maximum absolute atomic E-state index is 12.0. The molecule has 0 bridgehead atoms. The molecule has 1 saturated carbocycles. The van der Waals surface area contributed by atoms with Crippen molar-refractivity contribution in [3.05, 3.63) is 29.8 Å². The monoisotopic (exact) mass is 263 g/mol. The maximum Gasteiger partial charge on any atom is 0.331 e. The van der Waals surface area contributed by atoms with Gasteiger partial charge in [0.15, 0.2) is 0 Å². The Labute approximate surface area is 114 Å². The third-order valence-electron chi connectivity index (χ3n) is 3.57. The minimum absolute atomic E-state index is 0.141. The number of hydrogen-bond donors (Lipinski definition) is 1. The lowest BCUT2D eigenvalue weighted by molar-refractivity contribution is -0.155. The summed E-state index contributed by atoms with van der Waals surface area (Å²) in [5.41, 5.74) is 1.49. The SMILES string of the molecule is CCOC1CC(Nc2ccc(C)cc2)(C(=O)OC)C1. The van der Waals surface area contributed by atoms with Crippen LogP contribution in [0.2, 0.25) is 0 Å². The number of carbonyl (C=O) groups is 1. The maximum atomic E-state index is 12.0. The van der Waals surface area contributed by atoms with Crippen molar-refractivity contribution in [2.45, 2.75) is 38.3 Å². The van der Waals surface area contributed by atoms with E-state index in [1.807, 2.05) is 38.1 Å². The zero-order valence-electron chi connectivity index (χ0n) is 11.7. The van der Waals surface area contributed by atoms with E-state index in [1.165, 1.54) is 12.7 Å². The van der Waals surface area contributed by atoms with Crippen molar-refractivity contribution in [2.75, 3.05) is 19.0 Å². The Kier molecular flexibility index (Phi) is 4.10. The number of esters is 1. The molecule has 0 atom stereocenters. The highest BCUT2D eigenvalue weighted by Gasteiger charge is 2.52.